The number of hydrogen-bond acceptors (Lipinski definition) is 3. The molecule has 0 radical (unpaired) electrons. The zero-order chi connectivity index (χ0) is 12.1. The number of amidine groups is 1. The molecule has 0 aromatic rings. The molecular formula is C12H25N3O. The summed E-state index contributed by atoms with van der Waals surface area (Å²) in [4.78, 5) is 2.33. The summed E-state index contributed by atoms with van der Waals surface area (Å²) in [5, 5.41) is 7.41. The highest BCUT2D eigenvalue weighted by Crippen LogP contribution is 2.24. The van der Waals surface area contributed by atoms with Crippen molar-refractivity contribution in [2.45, 2.75) is 44.8 Å². The summed E-state index contributed by atoms with van der Waals surface area (Å²) in [5.74, 6) is 0.430. The van der Waals surface area contributed by atoms with Crippen LogP contribution in [0.3, 0.4) is 0 Å². The van der Waals surface area contributed by atoms with Gasteiger partial charge >= 0.3 is 0 Å². The number of ether oxygens (including phenoxy) is 1. The minimum absolute atomic E-state index is 0.146. The van der Waals surface area contributed by atoms with Gasteiger partial charge in [0.1, 0.15) is 0 Å². The third kappa shape index (κ3) is 3.76. The van der Waals surface area contributed by atoms with Crippen molar-refractivity contribution in [2.75, 3.05) is 20.7 Å². The molecule has 4 heteroatoms. The maximum Gasteiger partial charge on any atom is 0.0947 e. The van der Waals surface area contributed by atoms with Crippen LogP contribution in [0.25, 0.3) is 0 Å². The molecule has 4 nitrogen and oxygen atoms in total. The zero-order valence-electron chi connectivity index (χ0n) is 10.7. The predicted octanol–water partition coefficient (Wildman–Crippen LogP) is 1.45. The Morgan fingerprint density at radius 3 is 2.81 bits per heavy atom. The molecule has 3 N–H and O–H groups in total. The second-order valence-electron chi connectivity index (χ2n) is 4.97. The van der Waals surface area contributed by atoms with Gasteiger partial charge in [-0.2, -0.15) is 0 Å². The summed E-state index contributed by atoms with van der Waals surface area (Å²) >= 11 is 0. The lowest BCUT2D eigenvalue weighted by atomic mass is 9.91. The van der Waals surface area contributed by atoms with Gasteiger partial charge in [0.25, 0.3) is 0 Å². The number of hydrogen-bond donors (Lipinski definition) is 2. The van der Waals surface area contributed by atoms with Crippen molar-refractivity contribution >= 4 is 5.84 Å². The average molecular weight is 227 g/mol. The smallest absolute Gasteiger partial charge is 0.0947 e. The van der Waals surface area contributed by atoms with Crippen LogP contribution in [0.15, 0.2) is 0 Å². The summed E-state index contributed by atoms with van der Waals surface area (Å²) in [5.41, 5.74) is 5.50. The minimum Gasteiger partial charge on any atom is -0.387 e. The van der Waals surface area contributed by atoms with Gasteiger partial charge in [-0.05, 0) is 32.7 Å². The van der Waals surface area contributed by atoms with E-state index in [1.54, 1.807) is 7.11 Å². The van der Waals surface area contributed by atoms with Crippen LogP contribution in [-0.2, 0) is 4.74 Å². The number of rotatable bonds is 5. The molecule has 1 aliphatic rings. The quantitative estimate of drug-likeness (QED) is 0.552. The van der Waals surface area contributed by atoms with Crippen molar-refractivity contribution in [3.05, 3.63) is 0 Å². The minimum atomic E-state index is 0.146. The Morgan fingerprint density at radius 1 is 1.56 bits per heavy atom. The molecular weight excluding hydrogens is 202 g/mol. The van der Waals surface area contributed by atoms with E-state index in [-0.39, 0.29) is 11.8 Å². The average Bonchev–Trinajstić information content (AvgIpc) is 2.28. The van der Waals surface area contributed by atoms with Gasteiger partial charge in [-0.3, -0.25) is 5.41 Å². The number of methoxy groups -OCH3 is 1. The molecule has 0 heterocycles. The van der Waals surface area contributed by atoms with Crippen molar-refractivity contribution in [2.24, 2.45) is 11.7 Å². The van der Waals surface area contributed by atoms with Crippen LogP contribution in [0.2, 0.25) is 0 Å². The first-order valence-corrected chi connectivity index (χ1v) is 6.11. The van der Waals surface area contributed by atoms with E-state index in [9.17, 15) is 0 Å². The second kappa shape index (κ2) is 6.21. The lowest BCUT2D eigenvalue weighted by Crippen LogP contribution is -2.42. The fraction of sp³-hybridized carbons (Fsp3) is 0.917. The van der Waals surface area contributed by atoms with Crippen LogP contribution in [0, 0.1) is 11.3 Å². The normalized spacial score (nSPS) is 28.0. The third-order valence-electron chi connectivity index (χ3n) is 3.65. The fourth-order valence-corrected chi connectivity index (χ4v) is 2.41. The molecule has 0 aromatic carbocycles. The first-order valence-electron chi connectivity index (χ1n) is 6.11. The lowest BCUT2D eigenvalue weighted by molar-refractivity contribution is 0.0333. The van der Waals surface area contributed by atoms with Crippen molar-refractivity contribution in [1.82, 2.24) is 4.90 Å². The molecule has 3 unspecified atom stereocenters. The summed E-state index contributed by atoms with van der Waals surface area (Å²) in [6.07, 6.45) is 5.18. The van der Waals surface area contributed by atoms with Crippen LogP contribution >= 0.6 is 0 Å². The molecule has 1 aliphatic carbocycles. The van der Waals surface area contributed by atoms with Crippen LogP contribution in [-0.4, -0.2) is 43.6 Å². The molecule has 1 fully saturated rings. The fourth-order valence-electron chi connectivity index (χ4n) is 2.41. The molecule has 0 spiro atoms. The van der Waals surface area contributed by atoms with E-state index in [0.717, 1.165) is 13.0 Å². The van der Waals surface area contributed by atoms with E-state index in [4.69, 9.17) is 15.9 Å². The maximum absolute atomic E-state index is 7.41. The number of nitrogens with two attached hydrogens (primary N) is 1. The van der Waals surface area contributed by atoms with Gasteiger partial charge in [0, 0.05) is 25.6 Å². The van der Waals surface area contributed by atoms with Gasteiger partial charge in [-0.15, -0.1) is 0 Å². The summed E-state index contributed by atoms with van der Waals surface area (Å²) in [7, 11) is 3.92. The van der Waals surface area contributed by atoms with Crippen molar-refractivity contribution < 1.29 is 4.74 Å². The number of nitrogens with zero attached hydrogens (tertiary/aromatic N) is 1. The molecule has 1 rings (SSSR count). The van der Waals surface area contributed by atoms with Gasteiger partial charge in [0.2, 0.25) is 0 Å². The first kappa shape index (κ1) is 13.5. The van der Waals surface area contributed by atoms with E-state index in [1.165, 1.54) is 19.3 Å². The topological polar surface area (TPSA) is 62.3 Å². The van der Waals surface area contributed by atoms with Crippen molar-refractivity contribution in [3.63, 3.8) is 0 Å². The van der Waals surface area contributed by atoms with E-state index >= 15 is 0 Å². The highest BCUT2D eigenvalue weighted by atomic mass is 16.5. The Labute approximate surface area is 98.6 Å². The molecule has 3 atom stereocenters. The van der Waals surface area contributed by atoms with E-state index in [2.05, 4.69) is 11.9 Å². The van der Waals surface area contributed by atoms with Crippen LogP contribution in [0.1, 0.15) is 32.6 Å². The monoisotopic (exact) mass is 227 g/mol. The van der Waals surface area contributed by atoms with E-state index in [0.29, 0.717) is 12.1 Å². The Kier molecular flexibility index (Phi) is 5.22. The first-order chi connectivity index (χ1) is 7.54. The van der Waals surface area contributed by atoms with Gasteiger partial charge in [-0.1, -0.05) is 6.92 Å². The molecule has 1 saturated carbocycles. The Hall–Kier alpha value is -0.610. The Bertz CT molecular complexity index is 232. The molecule has 0 amide bonds. The van der Waals surface area contributed by atoms with Gasteiger partial charge in [0.05, 0.1) is 11.9 Å². The summed E-state index contributed by atoms with van der Waals surface area (Å²) < 4.78 is 5.43. The highest BCUT2D eigenvalue weighted by molar-refractivity contribution is 5.79. The molecule has 0 saturated heterocycles. The van der Waals surface area contributed by atoms with Gasteiger partial charge < -0.3 is 15.4 Å². The largest absolute Gasteiger partial charge is 0.387 e. The lowest BCUT2D eigenvalue weighted by Gasteiger charge is -2.35. The molecule has 0 bridgehead atoms. The van der Waals surface area contributed by atoms with Gasteiger partial charge in [-0.25, -0.2) is 0 Å². The summed E-state index contributed by atoms with van der Waals surface area (Å²) in [6, 6.07) is 0.584. The second-order valence-corrected chi connectivity index (χ2v) is 4.97. The standard InChI is InChI=1S/C12H25N3O/c1-9(12(13)14)8-15(2)10-5-4-6-11(7-10)16-3/h9-11H,4-8H2,1-3H3,(H3,13,14). The Morgan fingerprint density at radius 2 is 2.25 bits per heavy atom. The summed E-state index contributed by atoms with van der Waals surface area (Å²) in [6.45, 7) is 2.88. The number of nitrogens with one attached hydrogen (secondary N) is 1. The zero-order valence-corrected chi connectivity index (χ0v) is 10.7. The molecule has 94 valence electrons. The van der Waals surface area contributed by atoms with Crippen molar-refractivity contribution in [3.8, 4) is 0 Å². The van der Waals surface area contributed by atoms with Gasteiger partial charge in [0.15, 0.2) is 0 Å². The van der Waals surface area contributed by atoms with Crippen LogP contribution in [0.5, 0.6) is 0 Å². The molecule has 0 aromatic heterocycles. The SMILES string of the molecule is COC1CCCC(N(C)CC(C)C(=N)N)C1. The van der Waals surface area contributed by atoms with Crippen LogP contribution < -0.4 is 5.73 Å². The maximum atomic E-state index is 7.41. The predicted molar refractivity (Wildman–Crippen MR) is 66.8 cm³/mol. The van der Waals surface area contributed by atoms with Crippen LogP contribution in [0.4, 0.5) is 0 Å². The van der Waals surface area contributed by atoms with E-state index < -0.39 is 0 Å². The van der Waals surface area contributed by atoms with Crippen molar-refractivity contribution in [1.29, 1.82) is 5.41 Å². The third-order valence-corrected chi connectivity index (χ3v) is 3.65. The highest BCUT2D eigenvalue weighted by Gasteiger charge is 2.25. The molecule has 0 aliphatic heterocycles. The molecule has 16 heavy (non-hydrogen) atoms. The van der Waals surface area contributed by atoms with E-state index in [1.807, 2.05) is 6.92 Å². The Balaban J connectivity index is 2.40.